The van der Waals surface area contributed by atoms with Crippen LogP contribution in [0.1, 0.15) is 13.3 Å². The molecule has 82 valence electrons. The molecule has 0 bridgehead atoms. The predicted octanol–water partition coefficient (Wildman–Crippen LogP) is 0.532. The Kier molecular flexibility index (Phi) is 3.01. The van der Waals surface area contributed by atoms with Crippen LogP contribution in [-0.4, -0.2) is 40.8 Å². The Labute approximate surface area is 89.2 Å². The molecule has 15 heavy (non-hydrogen) atoms. The van der Waals surface area contributed by atoms with Gasteiger partial charge in [-0.2, -0.15) is 0 Å². The third kappa shape index (κ3) is 2.56. The molecule has 0 amide bonds. The van der Waals surface area contributed by atoms with Crippen molar-refractivity contribution in [3.05, 3.63) is 12.1 Å². The van der Waals surface area contributed by atoms with Crippen molar-refractivity contribution in [3.63, 3.8) is 0 Å². The molecule has 1 fully saturated rings. The molecule has 0 radical (unpaired) electrons. The van der Waals surface area contributed by atoms with Crippen LogP contribution in [0.4, 0.5) is 5.82 Å². The lowest BCUT2D eigenvalue weighted by Gasteiger charge is -2.13. The second kappa shape index (κ2) is 4.44. The van der Waals surface area contributed by atoms with Crippen LogP contribution >= 0.6 is 0 Å². The molecule has 2 rings (SSSR count). The number of anilines is 1. The Morgan fingerprint density at radius 3 is 3.00 bits per heavy atom. The Morgan fingerprint density at radius 1 is 1.53 bits per heavy atom. The summed E-state index contributed by atoms with van der Waals surface area (Å²) in [5.41, 5.74) is 5.44. The Morgan fingerprint density at radius 2 is 2.40 bits per heavy atom. The molecule has 0 aromatic carbocycles. The van der Waals surface area contributed by atoms with Crippen molar-refractivity contribution in [1.82, 2.24) is 15.1 Å². The highest BCUT2D eigenvalue weighted by Gasteiger charge is 2.22. The van der Waals surface area contributed by atoms with Gasteiger partial charge in [-0.15, -0.1) is 10.2 Å². The summed E-state index contributed by atoms with van der Waals surface area (Å²) >= 11 is 0. The number of likely N-dealkylation sites (tertiary alicyclic amines) is 1. The van der Waals surface area contributed by atoms with Gasteiger partial charge in [0.15, 0.2) is 0 Å². The quantitative estimate of drug-likeness (QED) is 0.785. The molecule has 1 aromatic rings. The number of rotatable bonds is 3. The number of nitrogen functional groups attached to an aromatic ring is 1. The first-order valence-electron chi connectivity index (χ1n) is 5.26. The van der Waals surface area contributed by atoms with E-state index in [0.29, 0.717) is 11.7 Å². The zero-order valence-corrected chi connectivity index (χ0v) is 8.89. The topological polar surface area (TPSA) is 64.3 Å². The van der Waals surface area contributed by atoms with Crippen LogP contribution in [-0.2, 0) is 0 Å². The Hall–Kier alpha value is -1.36. The average molecular weight is 208 g/mol. The first kappa shape index (κ1) is 10.2. The van der Waals surface area contributed by atoms with Gasteiger partial charge < -0.3 is 10.5 Å². The van der Waals surface area contributed by atoms with Crippen molar-refractivity contribution < 1.29 is 4.74 Å². The van der Waals surface area contributed by atoms with Crippen molar-refractivity contribution in [1.29, 1.82) is 0 Å². The molecule has 1 aliphatic heterocycles. The van der Waals surface area contributed by atoms with Crippen LogP contribution in [0.25, 0.3) is 0 Å². The molecule has 1 aromatic heterocycles. The van der Waals surface area contributed by atoms with Crippen LogP contribution in [0, 0.1) is 0 Å². The van der Waals surface area contributed by atoms with Gasteiger partial charge in [0.25, 0.3) is 0 Å². The fourth-order valence-electron chi connectivity index (χ4n) is 1.74. The zero-order valence-electron chi connectivity index (χ0n) is 8.89. The van der Waals surface area contributed by atoms with Crippen LogP contribution in [0.2, 0.25) is 0 Å². The van der Waals surface area contributed by atoms with E-state index in [9.17, 15) is 0 Å². The van der Waals surface area contributed by atoms with Gasteiger partial charge in [0.05, 0.1) is 0 Å². The van der Waals surface area contributed by atoms with E-state index in [2.05, 4.69) is 22.0 Å². The number of ether oxygens (including phenoxy) is 1. The monoisotopic (exact) mass is 208 g/mol. The van der Waals surface area contributed by atoms with Gasteiger partial charge in [0.1, 0.15) is 11.9 Å². The highest BCUT2D eigenvalue weighted by molar-refractivity contribution is 5.27. The van der Waals surface area contributed by atoms with Crippen molar-refractivity contribution >= 4 is 5.82 Å². The van der Waals surface area contributed by atoms with Gasteiger partial charge in [-0.1, -0.05) is 6.92 Å². The van der Waals surface area contributed by atoms with Gasteiger partial charge in [0, 0.05) is 19.2 Å². The third-order valence-corrected chi connectivity index (χ3v) is 2.62. The molecule has 5 heteroatoms. The van der Waals surface area contributed by atoms with Crippen molar-refractivity contribution in [3.8, 4) is 5.88 Å². The van der Waals surface area contributed by atoms with Crippen molar-refractivity contribution in [2.24, 2.45) is 0 Å². The van der Waals surface area contributed by atoms with Gasteiger partial charge in [-0.25, -0.2) is 0 Å². The second-order valence-electron chi connectivity index (χ2n) is 3.72. The smallest absolute Gasteiger partial charge is 0.233 e. The first-order valence-corrected chi connectivity index (χ1v) is 5.26. The number of hydrogen-bond donors (Lipinski definition) is 1. The van der Waals surface area contributed by atoms with E-state index in [1.54, 1.807) is 12.1 Å². The lowest BCUT2D eigenvalue weighted by molar-refractivity contribution is 0.193. The molecule has 2 heterocycles. The summed E-state index contributed by atoms with van der Waals surface area (Å²) in [7, 11) is 0. The van der Waals surface area contributed by atoms with E-state index in [4.69, 9.17) is 10.5 Å². The third-order valence-electron chi connectivity index (χ3n) is 2.62. The van der Waals surface area contributed by atoms with Crippen LogP contribution in [0.5, 0.6) is 5.88 Å². The highest BCUT2D eigenvalue weighted by atomic mass is 16.5. The first-order chi connectivity index (χ1) is 7.28. The number of nitrogens with two attached hydrogens (primary N) is 1. The molecule has 0 aliphatic carbocycles. The summed E-state index contributed by atoms with van der Waals surface area (Å²) in [6.45, 7) is 5.31. The standard InChI is InChI=1S/C10H16N4O/c1-2-14-6-5-8(7-14)15-10-4-3-9(11)12-13-10/h3-4,8H,2,5-7H2,1H3,(H2,11,12). The molecule has 1 aliphatic rings. The second-order valence-corrected chi connectivity index (χ2v) is 3.72. The summed E-state index contributed by atoms with van der Waals surface area (Å²) in [6.07, 6.45) is 1.29. The van der Waals surface area contributed by atoms with Gasteiger partial charge >= 0.3 is 0 Å². The van der Waals surface area contributed by atoms with Crippen molar-refractivity contribution in [2.45, 2.75) is 19.4 Å². The molecule has 0 saturated carbocycles. The van der Waals surface area contributed by atoms with Gasteiger partial charge in [-0.05, 0) is 19.0 Å². The SMILES string of the molecule is CCN1CCC(Oc2ccc(N)nn2)C1. The minimum Gasteiger partial charge on any atom is -0.472 e. The van der Waals surface area contributed by atoms with E-state index >= 15 is 0 Å². The average Bonchev–Trinajstić information content (AvgIpc) is 2.69. The van der Waals surface area contributed by atoms with Gasteiger partial charge in [-0.3, -0.25) is 4.90 Å². The number of nitrogens with zero attached hydrogens (tertiary/aromatic N) is 3. The maximum Gasteiger partial charge on any atom is 0.233 e. The van der Waals surface area contributed by atoms with Crippen LogP contribution < -0.4 is 10.5 Å². The van der Waals surface area contributed by atoms with E-state index < -0.39 is 0 Å². The lowest BCUT2D eigenvalue weighted by Crippen LogP contribution is -2.24. The number of likely N-dealkylation sites (N-methyl/N-ethyl adjacent to an activating group) is 1. The molecule has 1 unspecified atom stereocenters. The molecule has 1 atom stereocenters. The summed E-state index contributed by atoms with van der Waals surface area (Å²) < 4.78 is 5.69. The molecular formula is C10H16N4O. The van der Waals surface area contributed by atoms with E-state index in [1.807, 2.05) is 0 Å². The Bertz CT molecular complexity index is 314. The Balaban J connectivity index is 1.90. The van der Waals surface area contributed by atoms with Crippen LogP contribution in [0.3, 0.4) is 0 Å². The van der Waals surface area contributed by atoms with Gasteiger partial charge in [0.2, 0.25) is 5.88 Å². The fourth-order valence-corrected chi connectivity index (χ4v) is 1.74. The fraction of sp³-hybridized carbons (Fsp3) is 0.600. The molecule has 1 saturated heterocycles. The predicted molar refractivity (Wildman–Crippen MR) is 57.6 cm³/mol. The summed E-state index contributed by atoms with van der Waals surface area (Å²) in [4.78, 5) is 2.36. The summed E-state index contributed by atoms with van der Waals surface area (Å²) in [5, 5.41) is 7.63. The highest BCUT2D eigenvalue weighted by Crippen LogP contribution is 2.15. The van der Waals surface area contributed by atoms with Crippen molar-refractivity contribution in [2.75, 3.05) is 25.4 Å². The lowest BCUT2D eigenvalue weighted by atomic mass is 10.3. The number of aromatic nitrogens is 2. The minimum atomic E-state index is 0.239. The summed E-state index contributed by atoms with van der Waals surface area (Å²) in [5.74, 6) is 0.983. The maximum atomic E-state index is 5.69. The van der Waals surface area contributed by atoms with Crippen LogP contribution in [0.15, 0.2) is 12.1 Å². The number of hydrogen-bond acceptors (Lipinski definition) is 5. The molecule has 2 N–H and O–H groups in total. The maximum absolute atomic E-state index is 5.69. The molecule has 0 spiro atoms. The van der Waals surface area contributed by atoms with E-state index in [0.717, 1.165) is 26.1 Å². The molecule has 5 nitrogen and oxygen atoms in total. The summed E-state index contributed by atoms with van der Waals surface area (Å²) in [6, 6.07) is 3.46. The largest absolute Gasteiger partial charge is 0.472 e. The molecular weight excluding hydrogens is 192 g/mol. The normalized spacial score (nSPS) is 21.8. The zero-order chi connectivity index (χ0) is 10.7. The van der Waals surface area contributed by atoms with E-state index in [1.165, 1.54) is 0 Å². The van der Waals surface area contributed by atoms with E-state index in [-0.39, 0.29) is 6.10 Å². The minimum absolute atomic E-state index is 0.239.